The van der Waals surface area contributed by atoms with Crippen molar-refractivity contribution < 1.29 is 4.39 Å². The highest BCUT2D eigenvalue weighted by Gasteiger charge is 2.10. The van der Waals surface area contributed by atoms with Crippen LogP contribution >= 0.6 is 0 Å². The van der Waals surface area contributed by atoms with Crippen LogP contribution in [0.1, 0.15) is 19.4 Å². The van der Waals surface area contributed by atoms with E-state index in [1.807, 2.05) is 45.0 Å². The highest BCUT2D eigenvalue weighted by Crippen LogP contribution is 2.20. The van der Waals surface area contributed by atoms with Crippen LogP contribution in [-0.2, 0) is 0 Å². The third-order valence-corrected chi connectivity index (χ3v) is 2.98. The highest BCUT2D eigenvalue weighted by molar-refractivity contribution is 5.60. The summed E-state index contributed by atoms with van der Waals surface area (Å²) in [5.41, 5.74) is 2.20. The van der Waals surface area contributed by atoms with Crippen molar-refractivity contribution in [2.45, 2.75) is 20.8 Å². The molecule has 112 valence electrons. The summed E-state index contributed by atoms with van der Waals surface area (Å²) in [4.78, 5) is 0. The Kier molecular flexibility index (Phi) is 5.25. The van der Waals surface area contributed by atoms with Crippen LogP contribution in [0.4, 0.5) is 4.39 Å². The molecule has 5 heteroatoms. The molecule has 0 aliphatic rings. The van der Waals surface area contributed by atoms with Gasteiger partial charge in [-0.1, -0.05) is 50.2 Å². The van der Waals surface area contributed by atoms with Gasteiger partial charge in [0.25, 0.3) is 0 Å². The Balaban J connectivity index is 0.000000847. The predicted octanol–water partition coefficient (Wildman–Crippen LogP) is 4.07. The minimum Gasteiger partial charge on any atom is -0.206 e. The van der Waals surface area contributed by atoms with Crippen LogP contribution in [0.25, 0.3) is 22.8 Å². The molecule has 0 bridgehead atoms. The van der Waals surface area contributed by atoms with Crippen molar-refractivity contribution in [2.75, 3.05) is 0 Å². The number of hydrogen-bond acceptors (Lipinski definition) is 4. The van der Waals surface area contributed by atoms with E-state index < -0.39 is 0 Å². The summed E-state index contributed by atoms with van der Waals surface area (Å²) in [6.45, 7) is 5.96. The first-order valence-corrected chi connectivity index (χ1v) is 7.14. The molecule has 3 aromatic rings. The van der Waals surface area contributed by atoms with E-state index in [-0.39, 0.29) is 11.6 Å². The number of hydrogen-bond donors (Lipinski definition) is 0. The normalized spacial score (nSPS) is 9.82. The van der Waals surface area contributed by atoms with Crippen molar-refractivity contribution in [1.29, 1.82) is 0 Å². The second-order valence-corrected chi connectivity index (χ2v) is 4.34. The standard InChI is InChI=1S/C15H11FN4.C2H6/c1-10-6-2-3-7-11(10)14-17-19-15(20-18-14)12-8-4-5-9-13(12)16;1-2/h2-9H,1H3;1-2H3. The summed E-state index contributed by atoms with van der Waals surface area (Å²) in [5.74, 6) is 0.225. The first kappa shape index (κ1) is 15.7. The second kappa shape index (κ2) is 7.36. The second-order valence-electron chi connectivity index (χ2n) is 4.34. The third kappa shape index (κ3) is 3.31. The fourth-order valence-electron chi connectivity index (χ4n) is 1.91. The zero-order valence-corrected chi connectivity index (χ0v) is 12.8. The largest absolute Gasteiger partial charge is 0.206 e. The summed E-state index contributed by atoms with van der Waals surface area (Å²) >= 11 is 0. The van der Waals surface area contributed by atoms with E-state index in [0.29, 0.717) is 11.4 Å². The van der Waals surface area contributed by atoms with Crippen LogP contribution in [0.15, 0.2) is 48.5 Å². The monoisotopic (exact) mass is 296 g/mol. The van der Waals surface area contributed by atoms with E-state index in [0.717, 1.165) is 11.1 Å². The number of benzene rings is 2. The Bertz CT molecular complexity index is 677. The number of halogens is 1. The molecular weight excluding hydrogens is 279 g/mol. The molecule has 0 saturated carbocycles. The molecule has 0 atom stereocenters. The van der Waals surface area contributed by atoms with Crippen molar-refractivity contribution in [2.24, 2.45) is 0 Å². The average molecular weight is 296 g/mol. The zero-order chi connectivity index (χ0) is 15.9. The zero-order valence-electron chi connectivity index (χ0n) is 12.8. The molecule has 0 N–H and O–H groups in total. The van der Waals surface area contributed by atoms with Gasteiger partial charge < -0.3 is 0 Å². The van der Waals surface area contributed by atoms with Gasteiger partial charge >= 0.3 is 0 Å². The topological polar surface area (TPSA) is 51.6 Å². The number of nitrogens with zero attached hydrogens (tertiary/aromatic N) is 4. The van der Waals surface area contributed by atoms with Crippen LogP contribution < -0.4 is 0 Å². The maximum atomic E-state index is 13.6. The van der Waals surface area contributed by atoms with E-state index in [1.54, 1.807) is 18.2 Å². The Hall–Kier alpha value is -2.69. The fraction of sp³-hybridized carbons (Fsp3) is 0.176. The lowest BCUT2D eigenvalue weighted by atomic mass is 10.1. The summed E-state index contributed by atoms with van der Waals surface area (Å²) in [6, 6.07) is 14.0. The summed E-state index contributed by atoms with van der Waals surface area (Å²) in [6.07, 6.45) is 0. The Morgan fingerprint density at radius 2 is 1.14 bits per heavy atom. The summed E-state index contributed by atoms with van der Waals surface area (Å²) in [5, 5.41) is 16.0. The Morgan fingerprint density at radius 3 is 1.68 bits per heavy atom. The molecule has 0 aliphatic carbocycles. The van der Waals surface area contributed by atoms with Crippen LogP contribution in [0.5, 0.6) is 0 Å². The molecule has 1 heterocycles. The highest BCUT2D eigenvalue weighted by atomic mass is 19.1. The molecule has 1 aromatic heterocycles. The molecule has 0 saturated heterocycles. The Morgan fingerprint density at radius 1 is 0.682 bits per heavy atom. The van der Waals surface area contributed by atoms with Crippen molar-refractivity contribution in [3.05, 3.63) is 59.9 Å². The van der Waals surface area contributed by atoms with Gasteiger partial charge in [-0.25, -0.2) is 4.39 Å². The molecule has 0 spiro atoms. The van der Waals surface area contributed by atoms with Gasteiger partial charge in [-0.2, -0.15) is 0 Å². The van der Waals surface area contributed by atoms with E-state index in [4.69, 9.17) is 0 Å². The molecule has 0 aliphatic heterocycles. The van der Waals surface area contributed by atoms with Gasteiger partial charge in [0.15, 0.2) is 0 Å². The molecule has 22 heavy (non-hydrogen) atoms. The fourth-order valence-corrected chi connectivity index (χ4v) is 1.91. The van der Waals surface area contributed by atoms with E-state index in [1.165, 1.54) is 6.07 Å². The van der Waals surface area contributed by atoms with Crippen LogP contribution in [-0.4, -0.2) is 20.4 Å². The minimum atomic E-state index is -0.389. The van der Waals surface area contributed by atoms with Crippen molar-refractivity contribution in [3.63, 3.8) is 0 Å². The number of aromatic nitrogens is 4. The predicted molar refractivity (Wildman–Crippen MR) is 84.5 cm³/mol. The number of rotatable bonds is 2. The smallest absolute Gasteiger partial charge is 0.206 e. The van der Waals surface area contributed by atoms with Gasteiger partial charge in [0.2, 0.25) is 11.6 Å². The van der Waals surface area contributed by atoms with E-state index in [9.17, 15) is 4.39 Å². The lowest BCUT2D eigenvalue weighted by Crippen LogP contribution is -2.01. The molecule has 0 amide bonds. The van der Waals surface area contributed by atoms with Gasteiger partial charge in [-0.3, -0.25) is 0 Å². The molecule has 3 rings (SSSR count). The molecular formula is C17H17FN4. The third-order valence-electron chi connectivity index (χ3n) is 2.98. The molecule has 0 fully saturated rings. The summed E-state index contributed by atoms with van der Waals surface area (Å²) in [7, 11) is 0. The summed E-state index contributed by atoms with van der Waals surface area (Å²) < 4.78 is 13.6. The molecule has 4 nitrogen and oxygen atoms in total. The van der Waals surface area contributed by atoms with E-state index >= 15 is 0 Å². The van der Waals surface area contributed by atoms with Crippen molar-refractivity contribution in [1.82, 2.24) is 20.4 Å². The van der Waals surface area contributed by atoms with Gasteiger partial charge in [0.05, 0.1) is 5.56 Å². The van der Waals surface area contributed by atoms with Gasteiger partial charge in [0, 0.05) is 5.56 Å². The molecule has 0 unspecified atom stereocenters. The SMILES string of the molecule is CC.Cc1ccccc1-c1nnc(-c2ccccc2F)nn1. The van der Waals surface area contributed by atoms with Crippen molar-refractivity contribution >= 4 is 0 Å². The maximum Gasteiger partial charge on any atom is 0.206 e. The van der Waals surface area contributed by atoms with Gasteiger partial charge in [-0.05, 0) is 24.6 Å². The molecule has 2 aromatic carbocycles. The van der Waals surface area contributed by atoms with Crippen molar-refractivity contribution in [3.8, 4) is 22.8 Å². The van der Waals surface area contributed by atoms with Crippen LogP contribution in [0, 0.1) is 12.7 Å². The average Bonchev–Trinajstić information content (AvgIpc) is 2.58. The van der Waals surface area contributed by atoms with Gasteiger partial charge in [0.1, 0.15) is 5.82 Å². The van der Waals surface area contributed by atoms with Crippen LogP contribution in [0.3, 0.4) is 0 Å². The minimum absolute atomic E-state index is 0.181. The molecule has 0 radical (unpaired) electrons. The van der Waals surface area contributed by atoms with Crippen LogP contribution in [0.2, 0.25) is 0 Å². The lowest BCUT2D eigenvalue weighted by molar-refractivity contribution is 0.628. The maximum absolute atomic E-state index is 13.6. The number of aryl methyl sites for hydroxylation is 1. The Labute approximate surface area is 129 Å². The van der Waals surface area contributed by atoms with E-state index in [2.05, 4.69) is 20.4 Å². The quantitative estimate of drug-likeness (QED) is 0.715. The van der Waals surface area contributed by atoms with Gasteiger partial charge in [-0.15, -0.1) is 20.4 Å². The first-order valence-electron chi connectivity index (χ1n) is 7.14. The lowest BCUT2D eigenvalue weighted by Gasteiger charge is -2.03. The first-order chi connectivity index (χ1) is 10.8.